The molecule has 144 valence electrons. The van der Waals surface area contributed by atoms with Crippen LogP contribution >= 0.6 is 0 Å². The molecule has 1 aromatic heterocycles. The summed E-state index contributed by atoms with van der Waals surface area (Å²) >= 11 is 0. The summed E-state index contributed by atoms with van der Waals surface area (Å²) in [6.45, 7) is 12.3. The second-order valence-corrected chi connectivity index (χ2v) is 8.20. The normalized spacial score (nSPS) is 16.7. The minimum atomic E-state index is -0.507. The fourth-order valence-corrected chi connectivity index (χ4v) is 3.37. The Morgan fingerprint density at radius 1 is 1.22 bits per heavy atom. The number of anilines is 2. The number of benzene rings is 1. The molecule has 0 aliphatic carbocycles. The first-order valence-electron chi connectivity index (χ1n) is 9.33. The van der Waals surface area contributed by atoms with E-state index in [2.05, 4.69) is 47.3 Å². The van der Waals surface area contributed by atoms with Gasteiger partial charge in [0.15, 0.2) is 0 Å². The molecule has 1 unspecified atom stereocenters. The van der Waals surface area contributed by atoms with Gasteiger partial charge >= 0.3 is 6.09 Å². The summed E-state index contributed by atoms with van der Waals surface area (Å²) in [7, 11) is 0. The van der Waals surface area contributed by atoms with Gasteiger partial charge in [0.05, 0.1) is 11.7 Å². The summed E-state index contributed by atoms with van der Waals surface area (Å²) in [4.78, 5) is 23.4. The lowest BCUT2D eigenvalue weighted by atomic mass is 10.0. The van der Waals surface area contributed by atoms with E-state index < -0.39 is 5.60 Å². The Morgan fingerprint density at radius 3 is 2.52 bits per heavy atom. The first-order valence-corrected chi connectivity index (χ1v) is 9.33. The molecular formula is C21H28N4O2. The fraction of sp³-hybridized carbons (Fsp3) is 0.476. The number of nitrogens with one attached hydrogen (secondary N) is 1. The monoisotopic (exact) mass is 368 g/mol. The van der Waals surface area contributed by atoms with Gasteiger partial charge in [-0.25, -0.2) is 14.8 Å². The van der Waals surface area contributed by atoms with Crippen LogP contribution in [-0.4, -0.2) is 33.1 Å². The van der Waals surface area contributed by atoms with Crippen molar-refractivity contribution in [3.8, 4) is 0 Å². The lowest BCUT2D eigenvalue weighted by molar-refractivity contribution is 0.0158. The maximum Gasteiger partial charge on any atom is 0.410 e. The van der Waals surface area contributed by atoms with Crippen LogP contribution in [0.3, 0.4) is 0 Å². The predicted molar refractivity (Wildman–Crippen MR) is 106 cm³/mol. The largest absolute Gasteiger partial charge is 0.444 e. The molecule has 3 rings (SSSR count). The third kappa shape index (κ3) is 4.56. The minimum absolute atomic E-state index is 0.112. The summed E-state index contributed by atoms with van der Waals surface area (Å²) in [6.07, 6.45) is 2.20. The third-order valence-electron chi connectivity index (χ3n) is 4.51. The molecule has 1 N–H and O–H groups in total. The lowest BCUT2D eigenvalue weighted by Gasteiger charge is -2.35. The van der Waals surface area contributed by atoms with Crippen LogP contribution in [0, 0.1) is 13.8 Å². The zero-order chi connectivity index (χ0) is 19.8. The van der Waals surface area contributed by atoms with E-state index in [1.807, 2.05) is 33.9 Å². The minimum Gasteiger partial charge on any atom is -0.444 e. The van der Waals surface area contributed by atoms with Crippen molar-refractivity contribution in [3.63, 3.8) is 0 Å². The molecular weight excluding hydrogens is 340 g/mol. The van der Waals surface area contributed by atoms with Crippen molar-refractivity contribution in [3.05, 3.63) is 46.8 Å². The van der Waals surface area contributed by atoms with Crippen LogP contribution in [0.4, 0.5) is 16.4 Å². The molecule has 0 saturated carbocycles. The summed E-state index contributed by atoms with van der Waals surface area (Å²) in [6, 6.07) is 6.16. The number of aryl methyl sites for hydroxylation is 2. The number of rotatable bonds is 2. The van der Waals surface area contributed by atoms with E-state index in [9.17, 15) is 4.79 Å². The highest BCUT2D eigenvalue weighted by molar-refractivity contribution is 5.69. The Labute approximate surface area is 161 Å². The quantitative estimate of drug-likeness (QED) is 0.833. The highest BCUT2D eigenvalue weighted by Gasteiger charge is 2.32. The summed E-state index contributed by atoms with van der Waals surface area (Å²) in [5, 5.41) is 3.29. The molecule has 0 fully saturated rings. The van der Waals surface area contributed by atoms with Crippen LogP contribution in [0.15, 0.2) is 24.4 Å². The molecule has 6 heteroatoms. The van der Waals surface area contributed by atoms with Gasteiger partial charge < -0.3 is 15.0 Å². The predicted octanol–water partition coefficient (Wildman–Crippen LogP) is 4.69. The molecule has 1 atom stereocenters. The zero-order valence-corrected chi connectivity index (χ0v) is 17.0. The van der Waals surface area contributed by atoms with Crippen LogP contribution in [0.2, 0.25) is 0 Å². The number of ether oxygens (including phenoxy) is 1. The van der Waals surface area contributed by atoms with Crippen molar-refractivity contribution >= 4 is 17.7 Å². The standard InChI is InChI=1S/C21H28N4O2/c1-13-9-14(2)11-16(10-13)23-19-22-12-17-15(3)25(8-7-18(17)24-19)20(26)27-21(4,5)6/h9-12,15H,7-8H2,1-6H3,(H,22,23,24). The van der Waals surface area contributed by atoms with Gasteiger partial charge in [-0.15, -0.1) is 0 Å². The Morgan fingerprint density at radius 2 is 1.89 bits per heavy atom. The molecule has 27 heavy (non-hydrogen) atoms. The number of hydrogen-bond donors (Lipinski definition) is 1. The summed E-state index contributed by atoms with van der Waals surface area (Å²) in [5.41, 5.74) is 4.80. The van der Waals surface area contributed by atoms with Gasteiger partial charge in [0, 0.05) is 30.4 Å². The van der Waals surface area contributed by atoms with E-state index in [1.54, 1.807) is 4.90 Å². The first kappa shape index (κ1) is 19.1. The Kier molecular flexibility index (Phi) is 5.09. The number of carbonyl (C=O) groups is 1. The van der Waals surface area contributed by atoms with Gasteiger partial charge in [-0.2, -0.15) is 0 Å². The van der Waals surface area contributed by atoms with Crippen molar-refractivity contribution in [2.75, 3.05) is 11.9 Å². The van der Waals surface area contributed by atoms with Gasteiger partial charge in [0.2, 0.25) is 5.95 Å². The highest BCUT2D eigenvalue weighted by Crippen LogP contribution is 2.30. The van der Waals surface area contributed by atoms with Gasteiger partial charge in [0.25, 0.3) is 0 Å². The smallest absolute Gasteiger partial charge is 0.410 e. The van der Waals surface area contributed by atoms with Gasteiger partial charge in [-0.05, 0) is 64.8 Å². The topological polar surface area (TPSA) is 67.4 Å². The molecule has 2 aromatic rings. The number of hydrogen-bond acceptors (Lipinski definition) is 5. The molecule has 1 aliphatic rings. The van der Waals surface area contributed by atoms with E-state index >= 15 is 0 Å². The SMILES string of the molecule is Cc1cc(C)cc(Nc2ncc3c(n2)CCN(C(=O)OC(C)(C)C)C3C)c1. The molecule has 6 nitrogen and oxygen atoms in total. The molecule has 0 spiro atoms. The van der Waals surface area contributed by atoms with Crippen molar-refractivity contribution in [1.29, 1.82) is 0 Å². The van der Waals surface area contributed by atoms with E-state index in [0.29, 0.717) is 18.9 Å². The Balaban J connectivity index is 1.78. The van der Waals surface area contributed by atoms with Gasteiger partial charge in [-0.3, -0.25) is 0 Å². The first-order chi connectivity index (χ1) is 12.6. The molecule has 1 amide bonds. The fourth-order valence-electron chi connectivity index (χ4n) is 3.37. The van der Waals surface area contributed by atoms with E-state index in [1.165, 1.54) is 11.1 Å². The average molecular weight is 368 g/mol. The van der Waals surface area contributed by atoms with Crippen molar-refractivity contribution in [1.82, 2.24) is 14.9 Å². The van der Waals surface area contributed by atoms with Crippen molar-refractivity contribution in [2.45, 2.75) is 59.6 Å². The number of aromatic nitrogens is 2. The molecule has 0 saturated heterocycles. The van der Waals surface area contributed by atoms with Gasteiger partial charge in [-0.1, -0.05) is 6.07 Å². The summed E-state index contributed by atoms with van der Waals surface area (Å²) in [5.74, 6) is 0.580. The molecule has 0 bridgehead atoms. The second kappa shape index (κ2) is 7.18. The number of carbonyl (C=O) groups excluding carboxylic acids is 1. The molecule has 1 aliphatic heterocycles. The van der Waals surface area contributed by atoms with Crippen LogP contribution in [-0.2, 0) is 11.2 Å². The Bertz CT molecular complexity index is 837. The number of fused-ring (bicyclic) bond motifs is 1. The molecule has 0 radical (unpaired) electrons. The number of nitrogens with zero attached hydrogens (tertiary/aromatic N) is 3. The Hall–Kier alpha value is -2.63. The third-order valence-corrected chi connectivity index (χ3v) is 4.51. The average Bonchev–Trinajstić information content (AvgIpc) is 2.52. The van der Waals surface area contributed by atoms with E-state index in [4.69, 9.17) is 4.74 Å². The summed E-state index contributed by atoms with van der Waals surface area (Å²) < 4.78 is 5.52. The van der Waals surface area contributed by atoms with Crippen LogP contribution in [0.1, 0.15) is 56.1 Å². The van der Waals surface area contributed by atoms with Crippen LogP contribution in [0.25, 0.3) is 0 Å². The second-order valence-electron chi connectivity index (χ2n) is 8.20. The van der Waals surface area contributed by atoms with Crippen LogP contribution in [0.5, 0.6) is 0 Å². The molecule has 1 aromatic carbocycles. The van der Waals surface area contributed by atoms with Crippen LogP contribution < -0.4 is 5.32 Å². The van der Waals surface area contributed by atoms with Gasteiger partial charge in [0.1, 0.15) is 5.60 Å². The maximum atomic E-state index is 12.5. The number of amides is 1. The van der Waals surface area contributed by atoms with Crippen molar-refractivity contribution < 1.29 is 9.53 Å². The zero-order valence-electron chi connectivity index (χ0n) is 17.0. The molecule has 2 heterocycles. The van der Waals surface area contributed by atoms with Crippen molar-refractivity contribution in [2.24, 2.45) is 0 Å². The van der Waals surface area contributed by atoms with E-state index in [-0.39, 0.29) is 12.1 Å². The lowest BCUT2D eigenvalue weighted by Crippen LogP contribution is -2.42. The van der Waals surface area contributed by atoms with E-state index in [0.717, 1.165) is 16.9 Å². The highest BCUT2D eigenvalue weighted by atomic mass is 16.6. The maximum absolute atomic E-state index is 12.5.